The lowest BCUT2D eigenvalue weighted by molar-refractivity contribution is 0.381. The van der Waals surface area contributed by atoms with E-state index in [2.05, 4.69) is 5.32 Å². The molecule has 1 aliphatic carbocycles. The van der Waals surface area contributed by atoms with Crippen molar-refractivity contribution in [3.05, 3.63) is 0 Å². The van der Waals surface area contributed by atoms with Gasteiger partial charge in [-0.3, -0.25) is 0 Å². The van der Waals surface area contributed by atoms with Crippen LogP contribution in [0.5, 0.6) is 0 Å². The van der Waals surface area contributed by atoms with Crippen LogP contribution in [0.25, 0.3) is 0 Å². The Balaban J connectivity index is 1.93. The maximum atomic E-state index is 12.4. The smallest absolute Gasteiger partial charge is 0.216 e. The van der Waals surface area contributed by atoms with Gasteiger partial charge in [-0.25, -0.2) is 12.7 Å². The minimum absolute atomic E-state index is 0.115. The SMILES string of the molecule is CN(CC1CCNC1)S(=O)(=O)C1CCCCC1. The third kappa shape index (κ3) is 3.20. The van der Waals surface area contributed by atoms with E-state index in [1.54, 1.807) is 11.4 Å². The summed E-state index contributed by atoms with van der Waals surface area (Å²) < 4.78 is 26.4. The molecule has 5 heteroatoms. The van der Waals surface area contributed by atoms with Crippen molar-refractivity contribution in [2.24, 2.45) is 5.92 Å². The van der Waals surface area contributed by atoms with E-state index in [0.717, 1.165) is 45.2 Å². The molecule has 1 saturated heterocycles. The van der Waals surface area contributed by atoms with E-state index >= 15 is 0 Å². The molecule has 0 amide bonds. The molecule has 2 fully saturated rings. The summed E-state index contributed by atoms with van der Waals surface area (Å²) in [5.74, 6) is 0.498. The number of hydrogen-bond acceptors (Lipinski definition) is 3. The Morgan fingerprint density at radius 2 is 1.88 bits per heavy atom. The fourth-order valence-corrected chi connectivity index (χ4v) is 4.81. The Morgan fingerprint density at radius 1 is 1.18 bits per heavy atom. The first kappa shape index (κ1) is 13.3. The van der Waals surface area contributed by atoms with Crippen molar-refractivity contribution in [1.82, 2.24) is 9.62 Å². The van der Waals surface area contributed by atoms with Crippen molar-refractivity contribution in [2.45, 2.75) is 43.8 Å². The minimum Gasteiger partial charge on any atom is -0.316 e. The predicted molar refractivity (Wildman–Crippen MR) is 69.4 cm³/mol. The van der Waals surface area contributed by atoms with Gasteiger partial charge in [-0.15, -0.1) is 0 Å². The van der Waals surface area contributed by atoms with Gasteiger partial charge in [0.15, 0.2) is 0 Å². The molecule has 2 aliphatic rings. The molecule has 0 aromatic heterocycles. The van der Waals surface area contributed by atoms with Gasteiger partial charge in [-0.1, -0.05) is 19.3 Å². The number of nitrogens with one attached hydrogen (secondary N) is 1. The molecule has 1 unspecified atom stereocenters. The van der Waals surface area contributed by atoms with E-state index in [1.807, 2.05) is 0 Å². The molecule has 100 valence electrons. The molecule has 0 radical (unpaired) electrons. The number of hydrogen-bond donors (Lipinski definition) is 1. The first-order chi connectivity index (χ1) is 8.10. The number of nitrogens with zero attached hydrogens (tertiary/aromatic N) is 1. The van der Waals surface area contributed by atoms with Gasteiger partial charge in [-0.05, 0) is 38.3 Å². The van der Waals surface area contributed by atoms with Gasteiger partial charge in [0.2, 0.25) is 10.0 Å². The molecule has 1 N–H and O–H groups in total. The predicted octanol–water partition coefficient (Wildman–Crippen LogP) is 1.19. The van der Waals surface area contributed by atoms with Crippen LogP contribution >= 0.6 is 0 Å². The van der Waals surface area contributed by atoms with Crippen molar-refractivity contribution in [3.8, 4) is 0 Å². The lowest BCUT2D eigenvalue weighted by Gasteiger charge is -2.28. The molecule has 1 saturated carbocycles. The third-order valence-corrected chi connectivity index (χ3v) is 6.42. The second-order valence-corrected chi connectivity index (χ2v) is 7.76. The van der Waals surface area contributed by atoms with Crippen LogP contribution in [0.2, 0.25) is 0 Å². The van der Waals surface area contributed by atoms with E-state index in [1.165, 1.54) is 6.42 Å². The minimum atomic E-state index is -3.04. The molecule has 0 aromatic rings. The highest BCUT2D eigenvalue weighted by Crippen LogP contribution is 2.26. The summed E-state index contributed by atoms with van der Waals surface area (Å²) in [5, 5.41) is 3.17. The summed E-state index contributed by atoms with van der Waals surface area (Å²) in [6.07, 6.45) is 6.16. The summed E-state index contributed by atoms with van der Waals surface area (Å²) in [7, 11) is -1.29. The van der Waals surface area contributed by atoms with Crippen LogP contribution in [-0.4, -0.2) is 44.7 Å². The normalized spacial score (nSPS) is 27.8. The van der Waals surface area contributed by atoms with E-state index in [4.69, 9.17) is 0 Å². The van der Waals surface area contributed by atoms with Crippen LogP contribution in [0.1, 0.15) is 38.5 Å². The average molecular weight is 260 g/mol. The molecular weight excluding hydrogens is 236 g/mol. The van der Waals surface area contributed by atoms with Crippen molar-refractivity contribution in [2.75, 3.05) is 26.7 Å². The lowest BCUT2D eigenvalue weighted by atomic mass is 10.0. The highest BCUT2D eigenvalue weighted by atomic mass is 32.2. The standard InChI is InChI=1S/C12H24N2O2S/c1-14(10-11-7-8-13-9-11)17(15,16)12-5-3-2-4-6-12/h11-13H,2-10H2,1H3. The molecule has 4 nitrogen and oxygen atoms in total. The quantitative estimate of drug-likeness (QED) is 0.826. The number of sulfonamides is 1. The second kappa shape index (κ2) is 5.67. The fourth-order valence-electron chi connectivity index (χ4n) is 2.96. The van der Waals surface area contributed by atoms with E-state index in [0.29, 0.717) is 12.5 Å². The average Bonchev–Trinajstić information content (AvgIpc) is 2.83. The summed E-state index contributed by atoms with van der Waals surface area (Å²) >= 11 is 0. The first-order valence-electron chi connectivity index (χ1n) is 6.76. The molecule has 2 rings (SSSR count). The highest BCUT2D eigenvalue weighted by molar-refractivity contribution is 7.89. The lowest BCUT2D eigenvalue weighted by Crippen LogP contribution is -2.40. The van der Waals surface area contributed by atoms with Crippen LogP contribution in [0, 0.1) is 5.92 Å². The Morgan fingerprint density at radius 3 is 2.47 bits per heavy atom. The monoisotopic (exact) mass is 260 g/mol. The van der Waals surface area contributed by atoms with Crippen LogP contribution < -0.4 is 5.32 Å². The van der Waals surface area contributed by atoms with Gasteiger partial charge in [0.05, 0.1) is 5.25 Å². The Labute approximate surface area is 105 Å². The highest BCUT2D eigenvalue weighted by Gasteiger charge is 2.32. The van der Waals surface area contributed by atoms with Gasteiger partial charge in [0.1, 0.15) is 0 Å². The molecule has 1 heterocycles. The van der Waals surface area contributed by atoms with Crippen molar-refractivity contribution < 1.29 is 8.42 Å². The van der Waals surface area contributed by atoms with Crippen molar-refractivity contribution in [3.63, 3.8) is 0 Å². The van der Waals surface area contributed by atoms with Crippen molar-refractivity contribution in [1.29, 1.82) is 0 Å². The molecule has 0 aromatic carbocycles. The van der Waals surface area contributed by atoms with E-state index in [-0.39, 0.29) is 5.25 Å². The molecule has 1 atom stereocenters. The summed E-state index contributed by atoms with van der Waals surface area (Å²) in [5.41, 5.74) is 0. The zero-order valence-corrected chi connectivity index (χ0v) is 11.5. The van der Waals surface area contributed by atoms with Gasteiger partial charge in [0.25, 0.3) is 0 Å². The molecule has 0 bridgehead atoms. The van der Waals surface area contributed by atoms with Crippen LogP contribution in [-0.2, 0) is 10.0 Å². The largest absolute Gasteiger partial charge is 0.316 e. The Bertz CT molecular complexity index is 330. The molecule has 0 spiro atoms. The summed E-state index contributed by atoms with van der Waals surface area (Å²) in [6, 6.07) is 0. The summed E-state index contributed by atoms with van der Waals surface area (Å²) in [4.78, 5) is 0. The van der Waals surface area contributed by atoms with Crippen LogP contribution in [0.3, 0.4) is 0 Å². The first-order valence-corrected chi connectivity index (χ1v) is 8.27. The Hall–Kier alpha value is -0.130. The van der Waals surface area contributed by atoms with Crippen LogP contribution in [0.15, 0.2) is 0 Å². The third-order valence-electron chi connectivity index (χ3n) is 4.09. The van der Waals surface area contributed by atoms with Gasteiger partial charge in [0, 0.05) is 13.6 Å². The van der Waals surface area contributed by atoms with E-state index in [9.17, 15) is 8.42 Å². The van der Waals surface area contributed by atoms with Gasteiger partial charge < -0.3 is 5.32 Å². The zero-order valence-electron chi connectivity index (χ0n) is 10.7. The Kier molecular flexibility index (Phi) is 4.44. The van der Waals surface area contributed by atoms with Crippen LogP contribution in [0.4, 0.5) is 0 Å². The van der Waals surface area contributed by atoms with Gasteiger partial charge in [-0.2, -0.15) is 0 Å². The fraction of sp³-hybridized carbons (Fsp3) is 1.00. The topological polar surface area (TPSA) is 49.4 Å². The second-order valence-electron chi connectivity index (χ2n) is 5.44. The zero-order chi connectivity index (χ0) is 12.3. The molecular formula is C12H24N2O2S. The molecule has 1 aliphatic heterocycles. The number of rotatable bonds is 4. The maximum absolute atomic E-state index is 12.4. The molecule has 17 heavy (non-hydrogen) atoms. The summed E-state index contributed by atoms with van der Waals surface area (Å²) in [6.45, 7) is 2.68. The maximum Gasteiger partial charge on any atom is 0.216 e. The van der Waals surface area contributed by atoms with Gasteiger partial charge >= 0.3 is 0 Å². The van der Waals surface area contributed by atoms with E-state index < -0.39 is 10.0 Å². The van der Waals surface area contributed by atoms with Crippen molar-refractivity contribution >= 4 is 10.0 Å².